The molecule has 0 radical (unpaired) electrons. The van der Waals surface area contributed by atoms with E-state index in [0.717, 1.165) is 25.7 Å². The van der Waals surface area contributed by atoms with E-state index < -0.39 is 5.60 Å². The molecule has 0 aromatic rings. The molecule has 2 rings (SSSR count). The zero-order valence-electron chi connectivity index (χ0n) is 10.8. The molecule has 4 nitrogen and oxygen atoms in total. The zero-order valence-corrected chi connectivity index (χ0v) is 10.8. The van der Waals surface area contributed by atoms with Crippen molar-refractivity contribution in [1.29, 1.82) is 0 Å². The number of hydrogen-bond acceptors (Lipinski definition) is 3. The van der Waals surface area contributed by atoms with E-state index >= 15 is 0 Å². The van der Waals surface area contributed by atoms with Gasteiger partial charge in [0.2, 0.25) is 0 Å². The molecule has 1 saturated heterocycles. The van der Waals surface area contributed by atoms with Crippen molar-refractivity contribution in [3.63, 3.8) is 0 Å². The van der Waals surface area contributed by atoms with Gasteiger partial charge in [-0.1, -0.05) is 0 Å². The van der Waals surface area contributed by atoms with Gasteiger partial charge in [0.1, 0.15) is 11.9 Å². The van der Waals surface area contributed by atoms with Gasteiger partial charge in [0.05, 0.1) is 0 Å². The molecule has 0 bridgehead atoms. The Labute approximate surface area is 102 Å². The lowest BCUT2D eigenvalue weighted by Gasteiger charge is -2.30. The molecule has 4 heteroatoms. The maximum atomic E-state index is 12.0. The molecule has 3 unspecified atom stereocenters. The first-order chi connectivity index (χ1) is 7.94. The van der Waals surface area contributed by atoms with Gasteiger partial charge < -0.3 is 14.4 Å². The third-order valence-corrected chi connectivity index (χ3v) is 3.58. The van der Waals surface area contributed by atoms with E-state index in [1.165, 1.54) is 0 Å². The lowest BCUT2D eigenvalue weighted by atomic mass is 10.1. The highest BCUT2D eigenvalue weighted by molar-refractivity contribution is 5.69. The topological polar surface area (TPSA) is 46.6 Å². The number of fused-ring (bicyclic) bond motifs is 1. The molecule has 0 aromatic heterocycles. The van der Waals surface area contributed by atoms with Crippen LogP contribution in [0.3, 0.4) is 0 Å². The Morgan fingerprint density at radius 2 is 2.18 bits per heavy atom. The van der Waals surface area contributed by atoms with Crippen LogP contribution in [0.5, 0.6) is 0 Å². The number of carbonyl (C=O) groups is 2. The van der Waals surface area contributed by atoms with Gasteiger partial charge in [-0.05, 0) is 45.4 Å². The van der Waals surface area contributed by atoms with Crippen LogP contribution in [0, 0.1) is 11.8 Å². The summed E-state index contributed by atoms with van der Waals surface area (Å²) in [5, 5.41) is 0. The average Bonchev–Trinajstić information content (AvgIpc) is 2.90. The standard InChI is InChI=1S/C13H21NO3/c1-13(2,3)17-12(16)14-7-4-5-9-10(6-8-15)11(9)14/h8-11H,4-7H2,1-3H3. The summed E-state index contributed by atoms with van der Waals surface area (Å²) in [6.07, 6.45) is 3.49. The predicted octanol–water partition coefficient (Wildman–Crippen LogP) is 2.22. The van der Waals surface area contributed by atoms with Crippen molar-refractivity contribution in [3.05, 3.63) is 0 Å². The minimum absolute atomic E-state index is 0.222. The molecule has 1 aliphatic heterocycles. The molecule has 1 heterocycles. The first kappa shape index (κ1) is 12.4. The van der Waals surface area contributed by atoms with Gasteiger partial charge >= 0.3 is 6.09 Å². The number of likely N-dealkylation sites (tertiary alicyclic amines) is 1. The quantitative estimate of drug-likeness (QED) is 0.694. The summed E-state index contributed by atoms with van der Waals surface area (Å²) in [6, 6.07) is 0.254. The molecular formula is C13H21NO3. The normalized spacial score (nSPS) is 31.7. The molecule has 3 atom stereocenters. The van der Waals surface area contributed by atoms with Crippen LogP contribution in [0.4, 0.5) is 4.79 Å². The van der Waals surface area contributed by atoms with Gasteiger partial charge in [-0.15, -0.1) is 0 Å². The van der Waals surface area contributed by atoms with Crippen LogP contribution in [-0.4, -0.2) is 35.5 Å². The smallest absolute Gasteiger partial charge is 0.410 e. The second-order valence-corrected chi connectivity index (χ2v) is 6.04. The van der Waals surface area contributed by atoms with E-state index in [1.54, 1.807) is 0 Å². The SMILES string of the molecule is CC(C)(C)OC(=O)N1CCCC2C(CC=O)C21. The number of ether oxygens (including phenoxy) is 1. The van der Waals surface area contributed by atoms with Crippen molar-refractivity contribution < 1.29 is 14.3 Å². The molecule has 17 heavy (non-hydrogen) atoms. The molecular weight excluding hydrogens is 218 g/mol. The Hall–Kier alpha value is -1.06. The molecule has 1 aliphatic carbocycles. The number of carbonyl (C=O) groups excluding carboxylic acids is 2. The summed E-state index contributed by atoms with van der Waals surface area (Å²) in [5.41, 5.74) is -0.445. The van der Waals surface area contributed by atoms with Crippen LogP contribution in [0.1, 0.15) is 40.0 Å². The molecule has 1 saturated carbocycles. The van der Waals surface area contributed by atoms with Crippen LogP contribution in [-0.2, 0) is 9.53 Å². The molecule has 1 amide bonds. The Kier molecular flexibility index (Phi) is 3.15. The van der Waals surface area contributed by atoms with Gasteiger partial charge in [0, 0.05) is 19.0 Å². The maximum Gasteiger partial charge on any atom is 0.410 e. The highest BCUT2D eigenvalue weighted by Gasteiger charge is 2.56. The first-order valence-electron chi connectivity index (χ1n) is 6.37. The van der Waals surface area contributed by atoms with E-state index in [4.69, 9.17) is 4.74 Å². The lowest BCUT2D eigenvalue weighted by molar-refractivity contribution is -0.108. The van der Waals surface area contributed by atoms with Gasteiger partial charge in [-0.25, -0.2) is 4.79 Å². The highest BCUT2D eigenvalue weighted by atomic mass is 16.6. The Balaban J connectivity index is 1.97. The predicted molar refractivity (Wildman–Crippen MR) is 63.6 cm³/mol. The average molecular weight is 239 g/mol. The van der Waals surface area contributed by atoms with Crippen molar-refractivity contribution in [2.45, 2.75) is 51.7 Å². The number of rotatable bonds is 2. The lowest BCUT2D eigenvalue weighted by Crippen LogP contribution is -2.41. The molecule has 0 N–H and O–H groups in total. The largest absolute Gasteiger partial charge is 0.444 e. The second kappa shape index (κ2) is 4.31. The van der Waals surface area contributed by atoms with E-state index in [2.05, 4.69) is 0 Å². The monoisotopic (exact) mass is 239 g/mol. The van der Waals surface area contributed by atoms with Crippen molar-refractivity contribution in [3.8, 4) is 0 Å². The molecule has 2 fully saturated rings. The van der Waals surface area contributed by atoms with Crippen LogP contribution < -0.4 is 0 Å². The summed E-state index contributed by atoms with van der Waals surface area (Å²) in [6.45, 7) is 6.40. The fourth-order valence-corrected chi connectivity index (χ4v) is 2.88. The zero-order chi connectivity index (χ0) is 12.6. The van der Waals surface area contributed by atoms with Gasteiger partial charge in [0.15, 0.2) is 0 Å². The van der Waals surface area contributed by atoms with E-state index in [-0.39, 0.29) is 12.1 Å². The number of hydrogen-bond donors (Lipinski definition) is 0. The Morgan fingerprint density at radius 1 is 1.47 bits per heavy atom. The van der Waals surface area contributed by atoms with Crippen molar-refractivity contribution in [2.75, 3.05) is 6.54 Å². The number of piperidine rings is 1. The van der Waals surface area contributed by atoms with E-state index in [1.807, 2.05) is 25.7 Å². The van der Waals surface area contributed by atoms with Crippen LogP contribution in [0.25, 0.3) is 0 Å². The van der Waals surface area contributed by atoms with Crippen LogP contribution >= 0.6 is 0 Å². The van der Waals surface area contributed by atoms with E-state index in [9.17, 15) is 9.59 Å². The van der Waals surface area contributed by atoms with Crippen molar-refractivity contribution in [1.82, 2.24) is 4.90 Å². The van der Waals surface area contributed by atoms with Crippen molar-refractivity contribution >= 4 is 12.4 Å². The molecule has 0 aromatic carbocycles. The van der Waals surface area contributed by atoms with Crippen LogP contribution in [0.15, 0.2) is 0 Å². The molecule has 96 valence electrons. The third kappa shape index (κ3) is 2.61. The van der Waals surface area contributed by atoms with Gasteiger partial charge in [-0.3, -0.25) is 0 Å². The molecule has 0 spiro atoms. The summed E-state index contributed by atoms with van der Waals surface area (Å²) in [7, 11) is 0. The summed E-state index contributed by atoms with van der Waals surface area (Å²) >= 11 is 0. The maximum absolute atomic E-state index is 12.0. The summed E-state index contributed by atoms with van der Waals surface area (Å²) < 4.78 is 5.40. The fourth-order valence-electron chi connectivity index (χ4n) is 2.88. The minimum Gasteiger partial charge on any atom is -0.444 e. The molecule has 2 aliphatic rings. The Morgan fingerprint density at radius 3 is 2.76 bits per heavy atom. The third-order valence-electron chi connectivity index (χ3n) is 3.58. The minimum atomic E-state index is -0.445. The fraction of sp³-hybridized carbons (Fsp3) is 0.846. The number of nitrogens with zero attached hydrogens (tertiary/aromatic N) is 1. The first-order valence-corrected chi connectivity index (χ1v) is 6.37. The Bertz CT molecular complexity index is 321. The van der Waals surface area contributed by atoms with E-state index in [0.29, 0.717) is 18.3 Å². The number of amides is 1. The second-order valence-electron chi connectivity index (χ2n) is 6.04. The summed E-state index contributed by atoms with van der Waals surface area (Å²) in [4.78, 5) is 24.4. The van der Waals surface area contributed by atoms with Crippen molar-refractivity contribution in [2.24, 2.45) is 11.8 Å². The van der Waals surface area contributed by atoms with Gasteiger partial charge in [-0.2, -0.15) is 0 Å². The highest BCUT2D eigenvalue weighted by Crippen LogP contribution is 2.51. The van der Waals surface area contributed by atoms with Crippen LogP contribution in [0.2, 0.25) is 0 Å². The summed E-state index contributed by atoms with van der Waals surface area (Å²) in [5.74, 6) is 0.906. The number of aldehydes is 1. The van der Waals surface area contributed by atoms with Gasteiger partial charge in [0.25, 0.3) is 0 Å².